The van der Waals surface area contributed by atoms with Crippen LogP contribution in [0.2, 0.25) is 0 Å². The van der Waals surface area contributed by atoms with Crippen molar-refractivity contribution < 1.29 is 14.3 Å². The molecule has 0 saturated carbocycles. The first-order valence-electron chi connectivity index (χ1n) is 10.7. The van der Waals surface area contributed by atoms with Crippen molar-refractivity contribution in [2.45, 2.75) is 39.0 Å². The van der Waals surface area contributed by atoms with E-state index in [1.807, 2.05) is 11.8 Å². The Bertz CT molecular complexity index is 1030. The van der Waals surface area contributed by atoms with E-state index >= 15 is 0 Å². The lowest BCUT2D eigenvalue weighted by Gasteiger charge is -2.31. The van der Waals surface area contributed by atoms with Gasteiger partial charge in [0.1, 0.15) is 11.6 Å². The number of anilines is 3. The summed E-state index contributed by atoms with van der Waals surface area (Å²) in [5.74, 6) is 0.257. The Kier molecular flexibility index (Phi) is 5.92. The lowest BCUT2D eigenvalue weighted by molar-refractivity contribution is -0.123. The maximum Gasteiger partial charge on any atom is 0.258 e. The van der Waals surface area contributed by atoms with E-state index in [0.717, 1.165) is 25.9 Å². The summed E-state index contributed by atoms with van der Waals surface area (Å²) < 4.78 is 5.40. The van der Waals surface area contributed by atoms with Crippen molar-refractivity contribution in [2.24, 2.45) is 5.92 Å². The molecule has 2 amide bonds. The second-order valence-electron chi connectivity index (χ2n) is 8.07. The molecule has 9 heteroatoms. The monoisotopic (exact) mass is 425 g/mol. The molecule has 3 N–H and O–H groups in total. The summed E-state index contributed by atoms with van der Waals surface area (Å²) in [5.41, 5.74) is 0.354. The number of piperidine rings is 1. The Hall–Kier alpha value is -3.36. The number of nitrogens with zero attached hydrogens (tertiary/aromatic N) is 2. The molecule has 4 rings (SSSR count). The van der Waals surface area contributed by atoms with Crippen LogP contribution in [0.3, 0.4) is 0 Å². The predicted octanol–water partition coefficient (Wildman–Crippen LogP) is 2.47. The summed E-state index contributed by atoms with van der Waals surface area (Å²) in [7, 11) is 0. The minimum Gasteiger partial charge on any atom is -0.494 e. The smallest absolute Gasteiger partial charge is 0.258 e. The normalized spacial score (nSPS) is 18.8. The first-order valence-corrected chi connectivity index (χ1v) is 10.7. The number of nitrogens with one attached hydrogen (secondary N) is 3. The molecule has 0 radical (unpaired) electrons. The van der Waals surface area contributed by atoms with Gasteiger partial charge in [-0.3, -0.25) is 19.4 Å². The molecule has 0 spiro atoms. The molecule has 1 saturated heterocycles. The molecule has 2 aromatic rings. The largest absolute Gasteiger partial charge is 0.494 e. The standard InChI is InChI=1S/C22H27N5O4/c1-3-31-15-6-4-14(5-7-15)23-20(29)16-12-17(28)24-19-18(16)21(30)26-22(25-19)27-10-8-13(2)9-11-27/h4-7,13,16H,3,8-12H2,1-2H3,(H,23,29)(H2,24,25,26,28,30)/t16-/m0/s1. The van der Waals surface area contributed by atoms with Crippen LogP contribution < -0.4 is 25.8 Å². The lowest BCUT2D eigenvalue weighted by Crippen LogP contribution is -2.39. The highest BCUT2D eigenvalue weighted by Crippen LogP contribution is 2.31. The Morgan fingerprint density at radius 3 is 2.61 bits per heavy atom. The van der Waals surface area contributed by atoms with Gasteiger partial charge in [-0.05, 0) is 49.9 Å². The van der Waals surface area contributed by atoms with Crippen LogP contribution in [-0.2, 0) is 9.59 Å². The molecule has 0 bridgehead atoms. The van der Waals surface area contributed by atoms with Gasteiger partial charge >= 0.3 is 0 Å². The third-order valence-corrected chi connectivity index (χ3v) is 5.77. The third-order valence-electron chi connectivity index (χ3n) is 5.77. The number of benzene rings is 1. The second-order valence-corrected chi connectivity index (χ2v) is 8.07. The highest BCUT2D eigenvalue weighted by molar-refractivity contribution is 6.04. The molecule has 1 aromatic carbocycles. The van der Waals surface area contributed by atoms with Gasteiger partial charge in [0.15, 0.2) is 0 Å². The molecule has 1 atom stereocenters. The zero-order valence-electron chi connectivity index (χ0n) is 17.7. The molecular formula is C22H27N5O4. The maximum absolute atomic E-state index is 12.9. The zero-order valence-corrected chi connectivity index (χ0v) is 17.7. The summed E-state index contributed by atoms with van der Waals surface area (Å²) in [5, 5.41) is 5.45. The summed E-state index contributed by atoms with van der Waals surface area (Å²) in [4.78, 5) is 47.5. The van der Waals surface area contributed by atoms with Crippen molar-refractivity contribution in [2.75, 3.05) is 35.2 Å². The van der Waals surface area contributed by atoms with Crippen LogP contribution in [0.1, 0.15) is 44.6 Å². The average molecular weight is 425 g/mol. The Morgan fingerprint density at radius 1 is 1.23 bits per heavy atom. The molecule has 2 aliphatic rings. The van der Waals surface area contributed by atoms with Crippen LogP contribution in [0, 0.1) is 5.92 Å². The fourth-order valence-corrected chi connectivity index (χ4v) is 3.98. The van der Waals surface area contributed by atoms with Crippen LogP contribution >= 0.6 is 0 Å². The van der Waals surface area contributed by atoms with E-state index in [1.165, 1.54) is 0 Å². The van der Waals surface area contributed by atoms with E-state index in [0.29, 0.717) is 29.9 Å². The summed E-state index contributed by atoms with van der Waals surface area (Å²) in [6.07, 6.45) is 1.92. The van der Waals surface area contributed by atoms with Gasteiger partial charge in [-0.15, -0.1) is 0 Å². The molecule has 0 unspecified atom stereocenters. The van der Waals surface area contributed by atoms with E-state index in [1.54, 1.807) is 24.3 Å². The first-order chi connectivity index (χ1) is 14.9. The molecule has 164 valence electrons. The number of aromatic nitrogens is 2. The molecule has 3 heterocycles. The van der Waals surface area contributed by atoms with Gasteiger partial charge in [-0.2, -0.15) is 4.98 Å². The fourth-order valence-electron chi connectivity index (χ4n) is 3.98. The zero-order chi connectivity index (χ0) is 22.0. The number of amides is 2. The number of hydrogen-bond donors (Lipinski definition) is 3. The Labute approximate surface area is 180 Å². The number of aromatic amines is 1. The molecule has 2 aliphatic heterocycles. The van der Waals surface area contributed by atoms with E-state index in [2.05, 4.69) is 27.5 Å². The second kappa shape index (κ2) is 8.79. The lowest BCUT2D eigenvalue weighted by atomic mass is 9.92. The molecule has 1 aromatic heterocycles. The summed E-state index contributed by atoms with van der Waals surface area (Å²) >= 11 is 0. The maximum atomic E-state index is 12.9. The minimum atomic E-state index is -0.915. The van der Waals surface area contributed by atoms with Gasteiger partial charge in [0, 0.05) is 25.2 Å². The van der Waals surface area contributed by atoms with Gasteiger partial charge in [-0.25, -0.2) is 0 Å². The van der Waals surface area contributed by atoms with Crippen LogP contribution in [0.25, 0.3) is 0 Å². The predicted molar refractivity (Wildman–Crippen MR) is 118 cm³/mol. The number of ether oxygens (including phenoxy) is 1. The van der Waals surface area contributed by atoms with Crippen molar-refractivity contribution >= 4 is 29.3 Å². The van der Waals surface area contributed by atoms with E-state index in [4.69, 9.17) is 4.74 Å². The minimum absolute atomic E-state index is 0.110. The highest BCUT2D eigenvalue weighted by atomic mass is 16.5. The van der Waals surface area contributed by atoms with Gasteiger partial charge in [0.05, 0.1) is 18.1 Å². The number of fused-ring (bicyclic) bond motifs is 1. The van der Waals surface area contributed by atoms with Crippen molar-refractivity contribution in [1.82, 2.24) is 9.97 Å². The number of carbonyl (C=O) groups is 2. The first kappa shape index (κ1) is 20.9. The Morgan fingerprint density at radius 2 is 1.94 bits per heavy atom. The van der Waals surface area contributed by atoms with Gasteiger partial charge in [0.25, 0.3) is 5.56 Å². The molecule has 1 fully saturated rings. The van der Waals surface area contributed by atoms with Gasteiger partial charge in [-0.1, -0.05) is 6.92 Å². The average Bonchev–Trinajstić information content (AvgIpc) is 2.75. The number of carbonyl (C=O) groups excluding carboxylic acids is 2. The van der Waals surface area contributed by atoms with Crippen LogP contribution in [0.4, 0.5) is 17.5 Å². The number of rotatable bonds is 5. The molecular weight excluding hydrogens is 398 g/mol. The Balaban J connectivity index is 1.57. The third kappa shape index (κ3) is 4.55. The number of hydrogen-bond acceptors (Lipinski definition) is 6. The van der Waals surface area contributed by atoms with Gasteiger partial charge in [0.2, 0.25) is 17.8 Å². The van der Waals surface area contributed by atoms with Crippen molar-refractivity contribution in [1.29, 1.82) is 0 Å². The van der Waals surface area contributed by atoms with E-state index in [9.17, 15) is 14.4 Å². The summed E-state index contributed by atoms with van der Waals surface area (Å²) in [6, 6.07) is 6.94. The summed E-state index contributed by atoms with van der Waals surface area (Å²) in [6.45, 7) is 6.23. The quantitative estimate of drug-likeness (QED) is 0.678. The highest BCUT2D eigenvalue weighted by Gasteiger charge is 2.35. The van der Waals surface area contributed by atoms with Crippen molar-refractivity contribution in [3.63, 3.8) is 0 Å². The SMILES string of the molecule is CCOc1ccc(NC(=O)[C@H]2CC(=O)Nc3nc(N4CCC(C)CC4)[nH]c(=O)c32)cc1. The van der Waals surface area contributed by atoms with E-state index in [-0.39, 0.29) is 23.7 Å². The van der Waals surface area contributed by atoms with E-state index < -0.39 is 17.4 Å². The van der Waals surface area contributed by atoms with Crippen LogP contribution in [0.5, 0.6) is 5.75 Å². The topological polar surface area (TPSA) is 116 Å². The molecule has 31 heavy (non-hydrogen) atoms. The van der Waals surface area contributed by atoms with Crippen LogP contribution in [0.15, 0.2) is 29.1 Å². The van der Waals surface area contributed by atoms with Crippen LogP contribution in [-0.4, -0.2) is 41.5 Å². The van der Waals surface area contributed by atoms with Gasteiger partial charge < -0.3 is 20.3 Å². The molecule has 9 nitrogen and oxygen atoms in total. The number of H-pyrrole nitrogens is 1. The van der Waals surface area contributed by atoms with Crippen molar-refractivity contribution in [3.05, 3.63) is 40.2 Å². The van der Waals surface area contributed by atoms with Crippen molar-refractivity contribution in [3.8, 4) is 5.75 Å². The molecule has 0 aliphatic carbocycles. The fraction of sp³-hybridized carbons (Fsp3) is 0.455.